The van der Waals surface area contributed by atoms with Gasteiger partial charge >= 0.3 is 0 Å². The summed E-state index contributed by atoms with van der Waals surface area (Å²) in [7, 11) is 0. The minimum Gasteiger partial charge on any atom is -0.378 e. The van der Waals surface area contributed by atoms with E-state index in [4.69, 9.17) is 0 Å². The van der Waals surface area contributed by atoms with E-state index in [0.29, 0.717) is 23.8 Å². The van der Waals surface area contributed by atoms with Gasteiger partial charge in [-0.1, -0.05) is 28.1 Å². The average Bonchev–Trinajstić information content (AvgIpc) is 3.23. The van der Waals surface area contributed by atoms with Crippen LogP contribution in [0.2, 0.25) is 0 Å². The fourth-order valence-electron chi connectivity index (χ4n) is 5.59. The van der Waals surface area contributed by atoms with Crippen LogP contribution in [0.4, 0.5) is 11.4 Å². The third-order valence-corrected chi connectivity index (χ3v) is 7.04. The molecule has 2 aromatic rings. The van der Waals surface area contributed by atoms with Gasteiger partial charge in [0.1, 0.15) is 0 Å². The van der Waals surface area contributed by atoms with Gasteiger partial charge < -0.3 is 5.32 Å². The summed E-state index contributed by atoms with van der Waals surface area (Å²) in [6.07, 6.45) is 3.83. The van der Waals surface area contributed by atoms with Crippen molar-refractivity contribution in [3.63, 3.8) is 0 Å². The van der Waals surface area contributed by atoms with Crippen molar-refractivity contribution in [1.82, 2.24) is 0 Å². The van der Waals surface area contributed by atoms with Crippen molar-refractivity contribution in [1.29, 1.82) is 0 Å². The molecule has 0 radical (unpaired) electrons. The monoisotopic (exact) mass is 398 g/mol. The molecule has 5 rings (SSSR count). The number of benzene rings is 2. The molecule has 5 heteroatoms. The highest BCUT2D eigenvalue weighted by molar-refractivity contribution is 9.10. The normalized spacial score (nSPS) is 32.0. The lowest BCUT2D eigenvalue weighted by atomic mass is 9.68. The van der Waals surface area contributed by atoms with Gasteiger partial charge in [-0.25, -0.2) is 0 Å². The van der Waals surface area contributed by atoms with Gasteiger partial charge in [0.05, 0.1) is 11.0 Å². The molecule has 2 aliphatic carbocycles. The maximum atomic E-state index is 11.2. The number of nitrogens with zero attached hydrogens (tertiary/aromatic N) is 1. The zero-order chi connectivity index (χ0) is 17.1. The van der Waals surface area contributed by atoms with Crippen LogP contribution in [-0.4, -0.2) is 4.92 Å². The Hall–Kier alpha value is -1.88. The van der Waals surface area contributed by atoms with Crippen molar-refractivity contribution >= 4 is 27.3 Å². The predicted octanol–water partition coefficient (Wildman–Crippen LogP) is 5.65. The summed E-state index contributed by atoms with van der Waals surface area (Å²) in [4.78, 5) is 11.0. The van der Waals surface area contributed by atoms with Crippen molar-refractivity contribution < 1.29 is 4.92 Å². The molecular formula is C20H19BrN2O2. The lowest BCUT2D eigenvalue weighted by Gasteiger charge is -2.43. The highest BCUT2D eigenvalue weighted by atomic mass is 79.9. The number of halogens is 1. The molecule has 2 aromatic carbocycles. The molecule has 128 valence electrons. The summed E-state index contributed by atoms with van der Waals surface area (Å²) in [5.74, 6) is 2.39. The van der Waals surface area contributed by atoms with Gasteiger partial charge in [0.15, 0.2) is 0 Å². The maximum absolute atomic E-state index is 11.2. The molecule has 3 aliphatic rings. The van der Waals surface area contributed by atoms with Crippen LogP contribution in [0.1, 0.15) is 42.3 Å². The molecule has 0 spiro atoms. The van der Waals surface area contributed by atoms with E-state index in [1.807, 2.05) is 12.1 Å². The molecule has 5 atom stereocenters. The number of nitro groups is 1. The fraction of sp³-hybridized carbons (Fsp3) is 0.400. The summed E-state index contributed by atoms with van der Waals surface area (Å²) in [5, 5.41) is 15.0. The van der Waals surface area contributed by atoms with Crippen LogP contribution in [0, 0.1) is 27.9 Å². The van der Waals surface area contributed by atoms with E-state index in [0.717, 1.165) is 16.1 Å². The minimum atomic E-state index is -0.274. The van der Waals surface area contributed by atoms with Crippen LogP contribution < -0.4 is 5.32 Å². The van der Waals surface area contributed by atoms with Gasteiger partial charge in [0.2, 0.25) is 0 Å². The van der Waals surface area contributed by atoms with Crippen molar-refractivity contribution in [3.05, 3.63) is 68.2 Å². The van der Waals surface area contributed by atoms with Gasteiger partial charge in [0, 0.05) is 22.3 Å². The zero-order valence-electron chi connectivity index (χ0n) is 13.7. The molecule has 2 saturated carbocycles. The Balaban J connectivity index is 1.62. The third kappa shape index (κ3) is 2.32. The smallest absolute Gasteiger partial charge is 0.269 e. The first-order chi connectivity index (χ1) is 12.1. The number of nitrogens with one attached hydrogen (secondary N) is 1. The highest BCUT2D eigenvalue weighted by Crippen LogP contribution is 2.63. The molecular weight excluding hydrogens is 380 g/mol. The molecule has 2 fully saturated rings. The molecule has 25 heavy (non-hydrogen) atoms. The molecule has 0 unspecified atom stereocenters. The van der Waals surface area contributed by atoms with Gasteiger partial charge in [-0.2, -0.15) is 0 Å². The average molecular weight is 399 g/mol. The molecule has 0 saturated heterocycles. The van der Waals surface area contributed by atoms with Crippen LogP contribution in [0.15, 0.2) is 46.9 Å². The second-order valence-electron chi connectivity index (χ2n) is 7.64. The number of hydrogen-bond donors (Lipinski definition) is 1. The second-order valence-corrected chi connectivity index (χ2v) is 8.55. The van der Waals surface area contributed by atoms with Crippen molar-refractivity contribution in [2.75, 3.05) is 5.32 Å². The summed E-state index contributed by atoms with van der Waals surface area (Å²) in [6.45, 7) is 0. The molecule has 1 N–H and O–H groups in total. The Morgan fingerprint density at radius 2 is 1.84 bits per heavy atom. The Morgan fingerprint density at radius 3 is 2.60 bits per heavy atom. The number of anilines is 1. The summed E-state index contributed by atoms with van der Waals surface area (Å²) >= 11 is 3.52. The SMILES string of the molecule is O=[N+]([O-])c1ccc2c(c1)[C@@H]1[C@H]3CC[C@@H](C3)[C@@H]1[C@@H](c1ccc(Br)cc1)N2. The van der Waals surface area contributed by atoms with Gasteiger partial charge in [-0.3, -0.25) is 10.1 Å². The van der Waals surface area contributed by atoms with Crippen LogP contribution in [0.3, 0.4) is 0 Å². The molecule has 4 nitrogen and oxygen atoms in total. The zero-order valence-corrected chi connectivity index (χ0v) is 15.3. The Bertz CT molecular complexity index is 851. The first-order valence-electron chi connectivity index (χ1n) is 8.92. The molecule has 1 heterocycles. The van der Waals surface area contributed by atoms with Crippen LogP contribution in [0.5, 0.6) is 0 Å². The summed E-state index contributed by atoms with van der Waals surface area (Å²) in [6, 6.07) is 14.2. The first-order valence-corrected chi connectivity index (χ1v) is 9.71. The minimum absolute atomic E-state index is 0.212. The van der Waals surface area contributed by atoms with E-state index in [9.17, 15) is 10.1 Å². The van der Waals surface area contributed by atoms with E-state index in [-0.39, 0.29) is 10.6 Å². The van der Waals surface area contributed by atoms with Gasteiger partial charge in [0.25, 0.3) is 5.69 Å². The van der Waals surface area contributed by atoms with Crippen LogP contribution in [-0.2, 0) is 0 Å². The Kier molecular flexibility index (Phi) is 3.42. The maximum Gasteiger partial charge on any atom is 0.269 e. The van der Waals surface area contributed by atoms with Crippen molar-refractivity contribution in [2.24, 2.45) is 17.8 Å². The van der Waals surface area contributed by atoms with E-state index in [1.165, 1.54) is 30.4 Å². The number of hydrogen-bond acceptors (Lipinski definition) is 3. The fourth-order valence-corrected chi connectivity index (χ4v) is 5.85. The van der Waals surface area contributed by atoms with Gasteiger partial charge in [-0.05, 0) is 72.3 Å². The Morgan fingerprint density at radius 1 is 1.08 bits per heavy atom. The lowest BCUT2D eigenvalue weighted by Crippen LogP contribution is -2.35. The van der Waals surface area contributed by atoms with Crippen LogP contribution in [0.25, 0.3) is 0 Å². The second kappa shape index (κ2) is 5.56. The number of rotatable bonds is 2. The number of non-ortho nitro benzene ring substituents is 1. The predicted molar refractivity (Wildman–Crippen MR) is 101 cm³/mol. The topological polar surface area (TPSA) is 55.2 Å². The molecule has 2 bridgehead atoms. The van der Waals surface area contributed by atoms with E-state index >= 15 is 0 Å². The highest BCUT2D eigenvalue weighted by Gasteiger charge is 2.54. The van der Waals surface area contributed by atoms with Gasteiger partial charge in [-0.15, -0.1) is 0 Å². The van der Waals surface area contributed by atoms with E-state index < -0.39 is 0 Å². The van der Waals surface area contributed by atoms with E-state index in [2.05, 4.69) is 45.5 Å². The van der Waals surface area contributed by atoms with Crippen molar-refractivity contribution in [3.8, 4) is 0 Å². The summed E-state index contributed by atoms with van der Waals surface area (Å²) < 4.78 is 1.09. The lowest BCUT2D eigenvalue weighted by molar-refractivity contribution is -0.384. The largest absolute Gasteiger partial charge is 0.378 e. The molecule has 1 aliphatic heterocycles. The first kappa shape index (κ1) is 15.4. The molecule has 0 amide bonds. The quantitative estimate of drug-likeness (QED) is 0.524. The van der Waals surface area contributed by atoms with Crippen LogP contribution >= 0.6 is 15.9 Å². The summed E-state index contributed by atoms with van der Waals surface area (Å²) in [5.41, 5.74) is 3.77. The third-order valence-electron chi connectivity index (χ3n) is 6.51. The standard InChI is InChI=1S/C20H19BrN2O2/c21-14-5-3-11(4-6-14)20-19-13-2-1-12(9-13)18(19)16-10-15(23(24)25)7-8-17(16)22-20/h3-8,10,12-13,18-20,22H,1-2,9H2/t12-,13-,18-,19-,20+/m0/s1. The van der Waals surface area contributed by atoms with Crippen molar-refractivity contribution in [2.45, 2.75) is 31.2 Å². The van der Waals surface area contributed by atoms with E-state index in [1.54, 1.807) is 6.07 Å². The Labute approximate surface area is 154 Å². The number of nitro benzene ring substituents is 1. The number of fused-ring (bicyclic) bond motifs is 7. The molecule has 0 aromatic heterocycles.